The molecule has 0 bridgehead atoms. The number of fused-ring (bicyclic) bond motifs is 2. The van der Waals surface area contributed by atoms with E-state index < -0.39 is 24.3 Å². The summed E-state index contributed by atoms with van der Waals surface area (Å²) in [4.78, 5) is 17.6. The summed E-state index contributed by atoms with van der Waals surface area (Å²) in [6, 6.07) is 5.24. The van der Waals surface area contributed by atoms with Crippen molar-refractivity contribution in [3.8, 4) is 17.4 Å². The van der Waals surface area contributed by atoms with Gasteiger partial charge in [-0.3, -0.25) is 4.79 Å². The summed E-state index contributed by atoms with van der Waals surface area (Å²) in [5.74, 6) is -0.259. The van der Waals surface area contributed by atoms with E-state index >= 15 is 0 Å². The molecule has 1 amide bonds. The number of alkyl halides is 2. The Kier molecular flexibility index (Phi) is 7.52. The Morgan fingerprint density at radius 1 is 1.23 bits per heavy atom. The quantitative estimate of drug-likeness (QED) is 0.371. The van der Waals surface area contributed by atoms with Crippen LogP contribution in [0, 0.1) is 5.41 Å². The number of halogens is 2. The molecule has 3 heterocycles. The Labute approximate surface area is 233 Å². The molecule has 2 aromatic rings. The smallest absolute Gasteiger partial charge is 0.471 e. The lowest BCUT2D eigenvalue weighted by atomic mass is 9.73. The zero-order valence-corrected chi connectivity index (χ0v) is 23.1. The lowest BCUT2D eigenvalue weighted by Gasteiger charge is -2.47. The topological polar surface area (TPSA) is 102 Å². The Hall–Kier alpha value is -3.24. The molecular weight excluding hydrogens is 520 g/mol. The maximum absolute atomic E-state index is 13.4. The van der Waals surface area contributed by atoms with Crippen molar-refractivity contribution in [2.45, 2.75) is 89.4 Å². The zero-order chi connectivity index (χ0) is 28.7. The number of nitrogens with one attached hydrogen (secondary N) is 2. The minimum absolute atomic E-state index is 0.0678. The lowest BCUT2D eigenvalue weighted by molar-refractivity contribution is -0.286. The average molecular weight is 558 g/mol. The van der Waals surface area contributed by atoms with Gasteiger partial charge in [-0.25, -0.2) is 4.98 Å². The molecule has 0 radical (unpaired) electrons. The molecule has 40 heavy (non-hydrogen) atoms. The van der Waals surface area contributed by atoms with Crippen molar-refractivity contribution < 1.29 is 32.9 Å². The van der Waals surface area contributed by atoms with Crippen LogP contribution in [0.4, 0.5) is 8.78 Å². The molecule has 3 atom stereocenters. The molecule has 5 rings (SSSR count). The van der Waals surface area contributed by atoms with Crippen LogP contribution in [0.5, 0.6) is 17.4 Å². The van der Waals surface area contributed by atoms with E-state index in [0.29, 0.717) is 12.3 Å². The number of aliphatic hydroxyl groups excluding tert-OH is 1. The zero-order valence-electron chi connectivity index (χ0n) is 23.1. The van der Waals surface area contributed by atoms with Crippen molar-refractivity contribution in [3.05, 3.63) is 59.8 Å². The number of aliphatic hydroxyl groups is 1. The number of amides is 1. The van der Waals surface area contributed by atoms with Crippen LogP contribution in [-0.4, -0.2) is 46.6 Å². The SMILES string of the molecule is C=CC[C@H](NC(=O)c1ccc2c(c1)OC(F)(F)O2)[C@H](O)CN[C@H]1CC2(CCC2)Oc2ncc(CC(C)(C)C)cc21. The fourth-order valence-corrected chi connectivity index (χ4v) is 5.59. The summed E-state index contributed by atoms with van der Waals surface area (Å²) in [6.45, 7) is 10.5. The highest BCUT2D eigenvalue weighted by molar-refractivity contribution is 5.95. The van der Waals surface area contributed by atoms with Crippen LogP contribution in [0.15, 0.2) is 43.1 Å². The van der Waals surface area contributed by atoms with E-state index in [9.17, 15) is 18.7 Å². The first-order valence-electron chi connectivity index (χ1n) is 13.8. The predicted octanol–water partition coefficient (Wildman–Crippen LogP) is 5.06. The van der Waals surface area contributed by atoms with Crippen LogP contribution in [0.2, 0.25) is 0 Å². The van der Waals surface area contributed by atoms with E-state index in [2.05, 4.69) is 58.5 Å². The maximum Gasteiger partial charge on any atom is 0.586 e. The number of rotatable bonds is 9. The van der Waals surface area contributed by atoms with Gasteiger partial charge in [0.2, 0.25) is 5.88 Å². The summed E-state index contributed by atoms with van der Waals surface area (Å²) in [5, 5.41) is 17.4. The number of ether oxygens (including phenoxy) is 3. The minimum atomic E-state index is -3.77. The van der Waals surface area contributed by atoms with Gasteiger partial charge in [0.15, 0.2) is 11.5 Å². The Morgan fingerprint density at radius 3 is 2.65 bits per heavy atom. The number of benzene rings is 1. The number of hydrogen-bond acceptors (Lipinski definition) is 7. The van der Waals surface area contributed by atoms with Gasteiger partial charge in [0, 0.05) is 36.3 Å². The third-order valence-corrected chi connectivity index (χ3v) is 7.64. The third kappa shape index (κ3) is 6.23. The molecule has 1 aromatic heterocycles. The molecule has 0 unspecified atom stereocenters. The van der Waals surface area contributed by atoms with Crippen molar-refractivity contribution in [1.82, 2.24) is 15.6 Å². The van der Waals surface area contributed by atoms with E-state index in [0.717, 1.165) is 43.2 Å². The standard InChI is InChI=1S/C30H37F2N3O5/c1-5-7-21(35-26(37)19-8-9-24-25(13-19)39-30(31,32)38-24)23(36)17-33-22-15-29(10-6-11-29)40-27-20(22)12-18(16-34-27)14-28(2,3)4/h5,8-9,12-13,16,21-23,33,36H,1,6-7,10-11,14-15,17H2,2-4H3,(H,35,37)/t21-,22-,23+/m0/s1. The number of nitrogens with zero attached hydrogens (tertiary/aromatic N) is 1. The van der Waals surface area contributed by atoms with Gasteiger partial charge in [0.25, 0.3) is 5.91 Å². The minimum Gasteiger partial charge on any atom is -0.471 e. The monoisotopic (exact) mass is 557 g/mol. The molecular formula is C30H37F2N3O5. The molecule has 3 aliphatic rings. The summed E-state index contributed by atoms with van der Waals surface area (Å²) in [5.41, 5.74) is 2.09. The second-order valence-corrected chi connectivity index (χ2v) is 12.3. The van der Waals surface area contributed by atoms with Crippen molar-refractivity contribution in [1.29, 1.82) is 0 Å². The van der Waals surface area contributed by atoms with E-state index in [4.69, 9.17) is 4.74 Å². The van der Waals surface area contributed by atoms with Gasteiger partial charge < -0.3 is 30.0 Å². The van der Waals surface area contributed by atoms with Crippen LogP contribution < -0.4 is 24.8 Å². The third-order valence-electron chi connectivity index (χ3n) is 7.64. The van der Waals surface area contributed by atoms with Gasteiger partial charge in [-0.05, 0) is 67.3 Å². The summed E-state index contributed by atoms with van der Waals surface area (Å²) >= 11 is 0. The normalized spacial score (nSPS) is 21.5. The first-order chi connectivity index (χ1) is 18.9. The average Bonchev–Trinajstić information content (AvgIpc) is 3.17. The van der Waals surface area contributed by atoms with Gasteiger partial charge in [0.1, 0.15) is 5.60 Å². The Bertz CT molecular complexity index is 1270. The number of carbonyl (C=O) groups is 1. The fraction of sp³-hybridized carbons (Fsp3) is 0.533. The van der Waals surface area contributed by atoms with Crippen molar-refractivity contribution >= 4 is 5.91 Å². The molecule has 3 N–H and O–H groups in total. The molecule has 0 saturated heterocycles. The van der Waals surface area contributed by atoms with Gasteiger partial charge in [0.05, 0.1) is 12.1 Å². The van der Waals surface area contributed by atoms with E-state index in [-0.39, 0.29) is 40.7 Å². The summed E-state index contributed by atoms with van der Waals surface area (Å²) < 4.78 is 42.0. The predicted molar refractivity (Wildman–Crippen MR) is 145 cm³/mol. The van der Waals surface area contributed by atoms with E-state index in [1.807, 2.05) is 6.20 Å². The van der Waals surface area contributed by atoms with Crippen molar-refractivity contribution in [3.63, 3.8) is 0 Å². The molecule has 1 fully saturated rings. The van der Waals surface area contributed by atoms with Gasteiger partial charge >= 0.3 is 6.29 Å². The second kappa shape index (κ2) is 10.6. The molecule has 1 aromatic carbocycles. The van der Waals surface area contributed by atoms with Crippen LogP contribution in [0.25, 0.3) is 0 Å². The van der Waals surface area contributed by atoms with E-state index in [1.165, 1.54) is 18.2 Å². The highest BCUT2D eigenvalue weighted by Gasteiger charge is 2.46. The highest BCUT2D eigenvalue weighted by atomic mass is 19.3. The van der Waals surface area contributed by atoms with Gasteiger partial charge in [-0.1, -0.05) is 26.8 Å². The van der Waals surface area contributed by atoms with Crippen LogP contribution in [0.1, 0.15) is 80.4 Å². The van der Waals surface area contributed by atoms with Crippen molar-refractivity contribution in [2.75, 3.05) is 6.54 Å². The lowest BCUT2D eigenvalue weighted by Crippen LogP contribution is -2.52. The largest absolute Gasteiger partial charge is 0.586 e. The number of carbonyl (C=O) groups excluding carboxylic acids is 1. The molecule has 1 spiro atoms. The van der Waals surface area contributed by atoms with Crippen molar-refractivity contribution in [2.24, 2.45) is 5.41 Å². The molecule has 1 aliphatic carbocycles. The first-order valence-corrected chi connectivity index (χ1v) is 13.8. The molecule has 1 saturated carbocycles. The van der Waals surface area contributed by atoms with Gasteiger partial charge in [-0.15, -0.1) is 15.4 Å². The van der Waals surface area contributed by atoms with Crippen LogP contribution in [0.3, 0.4) is 0 Å². The Morgan fingerprint density at radius 2 is 1.98 bits per heavy atom. The molecule has 216 valence electrons. The molecule has 2 aliphatic heterocycles. The second-order valence-electron chi connectivity index (χ2n) is 12.3. The van der Waals surface area contributed by atoms with Crippen LogP contribution >= 0.6 is 0 Å². The number of pyridine rings is 1. The summed E-state index contributed by atoms with van der Waals surface area (Å²) in [6.07, 6.45) is 3.78. The van der Waals surface area contributed by atoms with Gasteiger partial charge in [-0.2, -0.15) is 0 Å². The fourth-order valence-electron chi connectivity index (χ4n) is 5.59. The summed E-state index contributed by atoms with van der Waals surface area (Å²) in [7, 11) is 0. The van der Waals surface area contributed by atoms with Crippen LogP contribution in [-0.2, 0) is 6.42 Å². The van der Waals surface area contributed by atoms with E-state index in [1.54, 1.807) is 6.08 Å². The molecule has 8 nitrogen and oxygen atoms in total. The number of aromatic nitrogens is 1. The maximum atomic E-state index is 13.4. The first kappa shape index (κ1) is 28.3. The highest BCUT2D eigenvalue weighted by Crippen LogP contribution is 2.48. The Balaban J connectivity index is 1.27. The number of hydrogen-bond donors (Lipinski definition) is 3. The molecule has 10 heteroatoms.